The van der Waals surface area contributed by atoms with Gasteiger partial charge in [-0.1, -0.05) is 24.4 Å². The van der Waals surface area contributed by atoms with Crippen LogP contribution in [0.25, 0.3) is 0 Å². The highest BCUT2D eigenvalue weighted by atomic mass is 32.1. The zero-order valence-electron chi connectivity index (χ0n) is 10.6. The molecule has 1 amide bonds. The lowest BCUT2D eigenvalue weighted by atomic mass is 10.1. The lowest BCUT2D eigenvalue weighted by molar-refractivity contribution is 0.0695. The maximum atomic E-state index is 11.8. The van der Waals surface area contributed by atoms with Crippen molar-refractivity contribution in [2.75, 3.05) is 13.2 Å². The molecule has 1 aromatic carbocycles. The highest BCUT2D eigenvalue weighted by Gasteiger charge is 2.08. The van der Waals surface area contributed by atoms with E-state index in [1.165, 1.54) is 0 Å². The molecule has 1 aromatic rings. The van der Waals surface area contributed by atoms with E-state index in [9.17, 15) is 4.79 Å². The van der Waals surface area contributed by atoms with Crippen molar-refractivity contribution in [1.29, 1.82) is 0 Å². The number of rotatable bonds is 6. The van der Waals surface area contributed by atoms with Crippen molar-refractivity contribution in [3.05, 3.63) is 35.4 Å². The molecule has 1 rings (SSSR count). The van der Waals surface area contributed by atoms with Crippen LogP contribution in [0, 0.1) is 0 Å². The average Bonchev–Trinajstić information content (AvgIpc) is 2.36. The Morgan fingerprint density at radius 1 is 1.39 bits per heavy atom. The molecule has 1 atom stereocenters. The number of thiocarbonyl (C=S) groups is 1. The lowest BCUT2D eigenvalue weighted by Gasteiger charge is -2.12. The molecule has 18 heavy (non-hydrogen) atoms. The summed E-state index contributed by atoms with van der Waals surface area (Å²) in [5.41, 5.74) is 6.82. The standard InChI is InChI=1S/C13H18N2O2S/c1-3-17-9(2)8-15-13(16)11-6-4-10(5-7-11)12(14)18/h4-7,9H,3,8H2,1-2H3,(H2,14,18)(H,15,16). The second-order valence-corrected chi connectivity index (χ2v) is 4.36. The minimum atomic E-state index is -0.129. The van der Waals surface area contributed by atoms with Crippen LogP contribution in [0.15, 0.2) is 24.3 Å². The third-order valence-corrected chi connectivity index (χ3v) is 2.67. The van der Waals surface area contributed by atoms with Crippen molar-refractivity contribution >= 4 is 23.1 Å². The molecule has 0 fully saturated rings. The van der Waals surface area contributed by atoms with E-state index in [2.05, 4.69) is 5.32 Å². The molecule has 0 aliphatic carbocycles. The fourth-order valence-electron chi connectivity index (χ4n) is 1.47. The minimum Gasteiger partial charge on any atom is -0.389 e. The summed E-state index contributed by atoms with van der Waals surface area (Å²) in [6, 6.07) is 6.89. The summed E-state index contributed by atoms with van der Waals surface area (Å²) in [4.78, 5) is 12.1. The first kappa shape index (κ1) is 14.6. The number of amides is 1. The van der Waals surface area contributed by atoms with Crippen LogP contribution < -0.4 is 11.1 Å². The summed E-state index contributed by atoms with van der Waals surface area (Å²) in [6.45, 7) is 4.97. The number of nitrogens with two attached hydrogens (primary N) is 1. The van der Waals surface area contributed by atoms with E-state index >= 15 is 0 Å². The number of hydrogen-bond acceptors (Lipinski definition) is 3. The van der Waals surface area contributed by atoms with Crippen LogP contribution in [0.1, 0.15) is 29.8 Å². The van der Waals surface area contributed by atoms with Crippen molar-refractivity contribution in [2.24, 2.45) is 5.73 Å². The Kier molecular flexibility index (Phi) is 5.74. The molecular weight excluding hydrogens is 248 g/mol. The van der Waals surface area contributed by atoms with Crippen LogP contribution in [0.5, 0.6) is 0 Å². The summed E-state index contributed by atoms with van der Waals surface area (Å²) >= 11 is 4.85. The van der Waals surface area contributed by atoms with Gasteiger partial charge in [0.25, 0.3) is 5.91 Å². The first-order valence-corrected chi connectivity index (χ1v) is 6.25. The largest absolute Gasteiger partial charge is 0.389 e. The Balaban J connectivity index is 2.54. The van der Waals surface area contributed by atoms with Gasteiger partial charge < -0.3 is 15.8 Å². The van der Waals surface area contributed by atoms with E-state index in [1.54, 1.807) is 24.3 Å². The molecule has 98 valence electrons. The van der Waals surface area contributed by atoms with Gasteiger partial charge >= 0.3 is 0 Å². The topological polar surface area (TPSA) is 64.3 Å². The van der Waals surface area contributed by atoms with Crippen molar-refractivity contribution in [3.63, 3.8) is 0 Å². The fraction of sp³-hybridized carbons (Fsp3) is 0.385. The van der Waals surface area contributed by atoms with Gasteiger partial charge in [0, 0.05) is 24.3 Å². The van der Waals surface area contributed by atoms with Gasteiger partial charge in [-0.05, 0) is 26.0 Å². The van der Waals surface area contributed by atoms with Crippen LogP contribution in [-0.2, 0) is 4.74 Å². The molecule has 0 aromatic heterocycles. The third kappa shape index (κ3) is 4.43. The van der Waals surface area contributed by atoms with E-state index < -0.39 is 0 Å². The minimum absolute atomic E-state index is 0.00911. The molecule has 0 saturated heterocycles. The molecule has 0 heterocycles. The molecular formula is C13H18N2O2S. The van der Waals surface area contributed by atoms with Crippen LogP contribution in [0.4, 0.5) is 0 Å². The molecule has 5 heteroatoms. The molecule has 0 aliphatic heterocycles. The van der Waals surface area contributed by atoms with E-state index in [1.807, 2.05) is 13.8 Å². The zero-order valence-corrected chi connectivity index (χ0v) is 11.4. The summed E-state index contributed by atoms with van der Waals surface area (Å²) in [5.74, 6) is -0.129. The number of hydrogen-bond donors (Lipinski definition) is 2. The third-order valence-electron chi connectivity index (χ3n) is 2.43. The molecule has 1 unspecified atom stereocenters. The van der Waals surface area contributed by atoms with Gasteiger partial charge in [-0.15, -0.1) is 0 Å². The van der Waals surface area contributed by atoms with Crippen LogP contribution in [0.2, 0.25) is 0 Å². The maximum Gasteiger partial charge on any atom is 0.251 e. The number of carbonyl (C=O) groups is 1. The van der Waals surface area contributed by atoms with Gasteiger partial charge in [0.2, 0.25) is 0 Å². The second kappa shape index (κ2) is 7.08. The predicted octanol–water partition coefficient (Wildman–Crippen LogP) is 1.48. The molecule has 0 aliphatic rings. The molecule has 0 radical (unpaired) electrons. The normalized spacial score (nSPS) is 11.9. The Hall–Kier alpha value is -1.46. The molecule has 3 N–H and O–H groups in total. The van der Waals surface area contributed by atoms with Crippen molar-refractivity contribution in [1.82, 2.24) is 5.32 Å². The quantitative estimate of drug-likeness (QED) is 0.765. The first-order valence-electron chi connectivity index (χ1n) is 5.84. The Morgan fingerprint density at radius 3 is 2.44 bits per heavy atom. The van der Waals surface area contributed by atoms with Crippen molar-refractivity contribution in [2.45, 2.75) is 20.0 Å². The summed E-state index contributed by atoms with van der Waals surface area (Å²) in [6.07, 6.45) is 0.00911. The number of benzene rings is 1. The molecule has 4 nitrogen and oxygen atoms in total. The van der Waals surface area contributed by atoms with E-state index in [-0.39, 0.29) is 12.0 Å². The van der Waals surface area contributed by atoms with Crippen LogP contribution >= 0.6 is 12.2 Å². The van der Waals surface area contributed by atoms with Crippen LogP contribution in [0.3, 0.4) is 0 Å². The van der Waals surface area contributed by atoms with Gasteiger partial charge in [0.1, 0.15) is 4.99 Å². The molecule has 0 bridgehead atoms. The monoisotopic (exact) mass is 266 g/mol. The van der Waals surface area contributed by atoms with E-state index in [4.69, 9.17) is 22.7 Å². The number of carbonyl (C=O) groups excluding carboxylic acids is 1. The van der Waals surface area contributed by atoms with Gasteiger partial charge in [-0.3, -0.25) is 4.79 Å². The first-order chi connectivity index (χ1) is 8.54. The van der Waals surface area contributed by atoms with E-state index in [0.717, 1.165) is 5.56 Å². The van der Waals surface area contributed by atoms with Gasteiger partial charge in [-0.25, -0.2) is 0 Å². The highest BCUT2D eigenvalue weighted by molar-refractivity contribution is 7.80. The van der Waals surface area contributed by atoms with Crippen molar-refractivity contribution < 1.29 is 9.53 Å². The molecule has 0 saturated carbocycles. The SMILES string of the molecule is CCOC(C)CNC(=O)c1ccc(C(N)=S)cc1. The summed E-state index contributed by atoms with van der Waals surface area (Å²) in [5, 5.41) is 2.80. The number of nitrogens with one attached hydrogen (secondary N) is 1. The van der Waals surface area contributed by atoms with Crippen molar-refractivity contribution in [3.8, 4) is 0 Å². The average molecular weight is 266 g/mol. The van der Waals surface area contributed by atoms with Gasteiger partial charge in [0.15, 0.2) is 0 Å². The summed E-state index contributed by atoms with van der Waals surface area (Å²) < 4.78 is 5.33. The Morgan fingerprint density at radius 2 is 1.94 bits per heavy atom. The Labute approximate surface area is 113 Å². The van der Waals surface area contributed by atoms with E-state index in [0.29, 0.717) is 23.7 Å². The summed E-state index contributed by atoms with van der Waals surface area (Å²) in [7, 11) is 0. The Bertz CT molecular complexity index is 418. The fourth-order valence-corrected chi connectivity index (χ4v) is 1.60. The smallest absolute Gasteiger partial charge is 0.251 e. The second-order valence-electron chi connectivity index (χ2n) is 3.92. The van der Waals surface area contributed by atoms with Crippen LogP contribution in [-0.4, -0.2) is 30.2 Å². The van der Waals surface area contributed by atoms with Gasteiger partial charge in [-0.2, -0.15) is 0 Å². The van der Waals surface area contributed by atoms with Gasteiger partial charge in [0.05, 0.1) is 6.10 Å². The molecule has 0 spiro atoms. The maximum absolute atomic E-state index is 11.8. The zero-order chi connectivity index (χ0) is 13.5. The lowest BCUT2D eigenvalue weighted by Crippen LogP contribution is -2.32. The predicted molar refractivity (Wildman–Crippen MR) is 75.8 cm³/mol. The number of ether oxygens (including phenoxy) is 1. The highest BCUT2D eigenvalue weighted by Crippen LogP contribution is 2.04.